The number of fused-ring (bicyclic) bond motifs is 1. The van der Waals surface area contributed by atoms with Crippen molar-refractivity contribution in [3.63, 3.8) is 0 Å². The first kappa shape index (κ1) is 22.9. The second-order valence-electron chi connectivity index (χ2n) is 7.42. The molecule has 4 aromatic rings. The molecule has 0 bridgehead atoms. The molecule has 168 valence electrons. The minimum Gasteiger partial charge on any atom is -0.493 e. The maximum atomic E-state index is 12.5. The van der Waals surface area contributed by atoms with E-state index in [0.717, 1.165) is 33.3 Å². The molecule has 5 nitrogen and oxygen atoms in total. The zero-order valence-electron chi connectivity index (χ0n) is 18.2. The number of amides is 1. The van der Waals surface area contributed by atoms with Crippen LogP contribution in [-0.4, -0.2) is 17.5 Å². The van der Waals surface area contributed by atoms with E-state index >= 15 is 0 Å². The van der Waals surface area contributed by atoms with Crippen LogP contribution in [0.1, 0.15) is 25.1 Å². The molecule has 0 radical (unpaired) electrons. The van der Waals surface area contributed by atoms with E-state index in [2.05, 4.69) is 10.3 Å². The lowest BCUT2D eigenvalue weighted by Gasteiger charge is -2.12. The predicted octanol–water partition coefficient (Wildman–Crippen LogP) is 6.92. The monoisotopic (exact) mass is 480 g/mol. The minimum absolute atomic E-state index is 0.214. The minimum atomic E-state index is -0.214. The van der Waals surface area contributed by atoms with Crippen molar-refractivity contribution >= 4 is 45.7 Å². The van der Waals surface area contributed by atoms with E-state index in [4.69, 9.17) is 32.4 Å². The zero-order valence-corrected chi connectivity index (χ0v) is 19.7. The van der Waals surface area contributed by atoms with Crippen LogP contribution in [0.15, 0.2) is 71.5 Å². The van der Waals surface area contributed by atoms with Crippen LogP contribution in [0.3, 0.4) is 0 Å². The van der Waals surface area contributed by atoms with E-state index in [9.17, 15) is 4.79 Å². The number of halogens is 2. The van der Waals surface area contributed by atoms with Gasteiger partial charge in [0.15, 0.2) is 0 Å². The van der Waals surface area contributed by atoms with Crippen LogP contribution in [0.25, 0.3) is 27.7 Å². The molecule has 2 aromatic heterocycles. The molecule has 0 fully saturated rings. The Balaban J connectivity index is 1.69. The van der Waals surface area contributed by atoms with Gasteiger partial charge in [0, 0.05) is 45.4 Å². The first-order valence-corrected chi connectivity index (χ1v) is 11.2. The van der Waals surface area contributed by atoms with Crippen molar-refractivity contribution < 1.29 is 13.9 Å². The van der Waals surface area contributed by atoms with Gasteiger partial charge >= 0.3 is 0 Å². The van der Waals surface area contributed by atoms with Crippen molar-refractivity contribution in [2.75, 3.05) is 6.61 Å². The van der Waals surface area contributed by atoms with Crippen molar-refractivity contribution in [3.05, 3.63) is 88.4 Å². The summed E-state index contributed by atoms with van der Waals surface area (Å²) in [5.74, 6) is 0.424. The third kappa shape index (κ3) is 5.21. The summed E-state index contributed by atoms with van der Waals surface area (Å²) in [6.45, 7) is 4.61. The summed E-state index contributed by atoms with van der Waals surface area (Å²) in [4.78, 5) is 16.8. The maximum Gasteiger partial charge on any atom is 0.244 e. The normalized spacial score (nSPS) is 11.6. The highest BCUT2D eigenvalue weighted by molar-refractivity contribution is 6.36. The number of nitrogens with one attached hydrogen (secondary N) is 1. The van der Waals surface area contributed by atoms with Crippen molar-refractivity contribution in [1.29, 1.82) is 0 Å². The van der Waals surface area contributed by atoms with Gasteiger partial charge in [-0.3, -0.25) is 9.78 Å². The van der Waals surface area contributed by atoms with Gasteiger partial charge in [-0.1, -0.05) is 35.3 Å². The molecule has 0 unspecified atom stereocenters. The molecule has 1 N–H and O–H groups in total. The van der Waals surface area contributed by atoms with Crippen LogP contribution in [0.5, 0.6) is 5.75 Å². The predicted molar refractivity (Wildman–Crippen MR) is 133 cm³/mol. The number of carbonyl (C=O) groups is 1. The van der Waals surface area contributed by atoms with Crippen molar-refractivity contribution in [2.45, 2.75) is 20.4 Å². The Morgan fingerprint density at radius 3 is 2.73 bits per heavy atom. The Morgan fingerprint density at radius 2 is 2.00 bits per heavy atom. The largest absolute Gasteiger partial charge is 0.493 e. The van der Waals surface area contributed by atoms with E-state index in [-0.39, 0.29) is 5.91 Å². The summed E-state index contributed by atoms with van der Waals surface area (Å²) < 4.78 is 11.6. The number of ether oxygens (including phenoxy) is 1. The highest BCUT2D eigenvalue weighted by Crippen LogP contribution is 2.40. The first-order valence-electron chi connectivity index (χ1n) is 10.5. The summed E-state index contributed by atoms with van der Waals surface area (Å²) in [5.41, 5.74) is 4.65. The van der Waals surface area contributed by atoms with Gasteiger partial charge in [-0.05, 0) is 49.8 Å². The second kappa shape index (κ2) is 10.1. The molecule has 0 saturated carbocycles. The number of furan rings is 1. The van der Waals surface area contributed by atoms with Crippen LogP contribution in [-0.2, 0) is 11.3 Å². The third-order valence-electron chi connectivity index (χ3n) is 5.14. The van der Waals surface area contributed by atoms with E-state index in [1.165, 1.54) is 0 Å². The molecule has 0 atom stereocenters. The van der Waals surface area contributed by atoms with Gasteiger partial charge in [0.1, 0.15) is 11.3 Å². The van der Waals surface area contributed by atoms with Crippen molar-refractivity contribution in [1.82, 2.24) is 10.3 Å². The fraction of sp³-hybridized carbons (Fsp3) is 0.154. The van der Waals surface area contributed by atoms with E-state index in [1.807, 2.05) is 50.2 Å². The Labute approximate surface area is 202 Å². The fourth-order valence-electron chi connectivity index (χ4n) is 3.56. The summed E-state index contributed by atoms with van der Waals surface area (Å²) in [6.07, 6.45) is 4.92. The lowest BCUT2D eigenvalue weighted by Crippen LogP contribution is -2.21. The molecule has 0 saturated heterocycles. The molecule has 2 aromatic carbocycles. The molecular weight excluding hydrogens is 459 g/mol. The molecule has 0 aliphatic rings. The van der Waals surface area contributed by atoms with Crippen LogP contribution >= 0.6 is 23.2 Å². The molecule has 7 heteroatoms. The number of carbonyl (C=O) groups excluding carboxylic acids is 1. The Kier molecular flexibility index (Phi) is 7.02. The molecule has 2 heterocycles. The number of benzene rings is 2. The van der Waals surface area contributed by atoms with Gasteiger partial charge in [0.25, 0.3) is 0 Å². The number of rotatable bonds is 7. The molecule has 0 spiro atoms. The number of aromatic nitrogens is 1. The van der Waals surface area contributed by atoms with E-state index in [1.54, 1.807) is 30.7 Å². The molecule has 1 amide bonds. The number of hydrogen-bond donors (Lipinski definition) is 1. The quantitative estimate of drug-likeness (QED) is 0.291. The van der Waals surface area contributed by atoms with E-state index in [0.29, 0.717) is 34.5 Å². The highest BCUT2D eigenvalue weighted by Gasteiger charge is 2.17. The molecule has 33 heavy (non-hydrogen) atoms. The number of hydrogen-bond acceptors (Lipinski definition) is 4. The third-order valence-corrected chi connectivity index (χ3v) is 5.69. The lowest BCUT2D eigenvalue weighted by molar-refractivity contribution is -0.116. The van der Waals surface area contributed by atoms with Gasteiger partial charge in [-0.15, -0.1) is 0 Å². The number of nitrogens with zero attached hydrogens (tertiary/aromatic N) is 1. The highest BCUT2D eigenvalue weighted by atomic mass is 35.5. The van der Waals surface area contributed by atoms with Gasteiger partial charge in [-0.2, -0.15) is 0 Å². The number of allylic oxidation sites excluding steroid dienone is 1. The SMILES string of the molecule is CCOc1cc2occ(-c3ccc(Cl)cc3Cl)c2cc1/C(C)=C/C(=O)NCc1ccccn1. The fourth-order valence-corrected chi connectivity index (χ4v) is 4.07. The Morgan fingerprint density at radius 1 is 1.15 bits per heavy atom. The Hall–Kier alpha value is -3.28. The number of pyridine rings is 1. The average molecular weight is 481 g/mol. The summed E-state index contributed by atoms with van der Waals surface area (Å²) >= 11 is 12.5. The van der Waals surface area contributed by atoms with Crippen molar-refractivity contribution in [2.24, 2.45) is 0 Å². The average Bonchev–Trinajstić information content (AvgIpc) is 3.20. The summed E-state index contributed by atoms with van der Waals surface area (Å²) in [6, 6.07) is 14.7. The molecular formula is C26H22Cl2N2O3. The smallest absolute Gasteiger partial charge is 0.244 e. The first-order chi connectivity index (χ1) is 16.0. The molecule has 4 rings (SSSR count). The summed E-state index contributed by atoms with van der Waals surface area (Å²) in [5, 5.41) is 4.82. The van der Waals surface area contributed by atoms with Crippen molar-refractivity contribution in [3.8, 4) is 16.9 Å². The topological polar surface area (TPSA) is 64.4 Å². The maximum absolute atomic E-state index is 12.5. The van der Waals surface area contributed by atoms with Crippen LogP contribution in [0, 0.1) is 0 Å². The summed E-state index contributed by atoms with van der Waals surface area (Å²) in [7, 11) is 0. The van der Waals surface area contributed by atoms with Crippen LogP contribution < -0.4 is 10.1 Å². The van der Waals surface area contributed by atoms with Gasteiger partial charge < -0.3 is 14.5 Å². The molecule has 0 aliphatic carbocycles. The van der Waals surface area contributed by atoms with Gasteiger partial charge in [-0.25, -0.2) is 0 Å². The van der Waals surface area contributed by atoms with Crippen LogP contribution in [0.2, 0.25) is 10.0 Å². The molecule has 0 aliphatic heterocycles. The van der Waals surface area contributed by atoms with Gasteiger partial charge in [0.2, 0.25) is 5.91 Å². The Bertz CT molecular complexity index is 1330. The zero-order chi connectivity index (χ0) is 23.4. The van der Waals surface area contributed by atoms with Gasteiger partial charge in [0.05, 0.1) is 30.1 Å². The standard InChI is InChI=1S/C26H22Cl2N2O3/c1-3-32-24-13-25-21(22(15-33-25)19-8-7-17(27)11-23(19)28)12-20(24)16(2)10-26(31)30-14-18-6-4-5-9-29-18/h4-13,15H,3,14H2,1-2H3,(H,30,31)/b16-10+. The van der Waals surface area contributed by atoms with E-state index < -0.39 is 0 Å². The van der Waals surface area contributed by atoms with Crippen LogP contribution in [0.4, 0.5) is 0 Å². The lowest BCUT2D eigenvalue weighted by atomic mass is 9.99. The second-order valence-corrected chi connectivity index (χ2v) is 8.26.